The van der Waals surface area contributed by atoms with Gasteiger partial charge in [0.2, 0.25) is 0 Å². The second-order valence-electron chi connectivity index (χ2n) is 5.33. The van der Waals surface area contributed by atoms with Crippen LogP contribution in [0.1, 0.15) is 45.4 Å². The molecule has 74 valence electrons. The van der Waals surface area contributed by atoms with E-state index in [1.807, 2.05) is 0 Å². The second-order valence-corrected chi connectivity index (χ2v) is 5.33. The minimum Gasteiger partial charge on any atom is -0.297 e. The highest BCUT2D eigenvalue weighted by atomic mass is 15.3. The van der Waals surface area contributed by atoms with Crippen LogP contribution in [0.25, 0.3) is 0 Å². The number of hydrogen-bond acceptors (Lipinski definition) is 1. The Morgan fingerprint density at radius 2 is 1.85 bits per heavy atom. The highest BCUT2D eigenvalue weighted by molar-refractivity contribution is 5.20. The van der Waals surface area contributed by atoms with Crippen LogP contribution in [0.2, 0.25) is 0 Å². The molecular formula is C12H21N. The first kappa shape index (κ1) is 8.28. The van der Waals surface area contributed by atoms with Crippen LogP contribution in [0.4, 0.5) is 0 Å². The van der Waals surface area contributed by atoms with E-state index in [9.17, 15) is 0 Å². The summed E-state index contributed by atoms with van der Waals surface area (Å²) in [6.45, 7) is 5.29. The van der Waals surface area contributed by atoms with Crippen LogP contribution >= 0.6 is 0 Å². The van der Waals surface area contributed by atoms with E-state index in [-0.39, 0.29) is 0 Å². The molecule has 1 saturated heterocycles. The molecular weight excluding hydrogens is 158 g/mol. The zero-order chi connectivity index (χ0) is 8.89. The molecule has 1 nitrogen and oxygen atoms in total. The molecule has 0 aromatic rings. The van der Waals surface area contributed by atoms with E-state index >= 15 is 0 Å². The van der Waals surface area contributed by atoms with Crippen LogP contribution in [-0.4, -0.2) is 23.5 Å². The molecule has 2 aliphatic carbocycles. The van der Waals surface area contributed by atoms with Gasteiger partial charge in [0.25, 0.3) is 0 Å². The standard InChI is InChI=1S/C12H21N/c1-10-11-6-5-7-12(10,11)13-8-3-2-4-9-13/h10-11H,2-9H2,1H3/t10-,11+,12+/m1/s1. The number of piperidine rings is 1. The Labute approximate surface area is 81.5 Å². The second kappa shape index (κ2) is 2.73. The lowest BCUT2D eigenvalue weighted by molar-refractivity contribution is 0.129. The van der Waals surface area contributed by atoms with Gasteiger partial charge in [-0.1, -0.05) is 19.8 Å². The molecule has 0 unspecified atom stereocenters. The normalized spacial score (nSPS) is 50.5. The third-order valence-corrected chi connectivity index (χ3v) is 4.96. The van der Waals surface area contributed by atoms with Crippen molar-refractivity contribution in [1.29, 1.82) is 0 Å². The Morgan fingerprint density at radius 3 is 2.46 bits per heavy atom. The van der Waals surface area contributed by atoms with Gasteiger partial charge in [0.1, 0.15) is 0 Å². The Morgan fingerprint density at radius 1 is 1.08 bits per heavy atom. The summed E-state index contributed by atoms with van der Waals surface area (Å²) in [7, 11) is 0. The van der Waals surface area contributed by atoms with Crippen LogP contribution in [0.5, 0.6) is 0 Å². The van der Waals surface area contributed by atoms with Crippen LogP contribution in [0.15, 0.2) is 0 Å². The van der Waals surface area contributed by atoms with Crippen molar-refractivity contribution >= 4 is 0 Å². The lowest BCUT2D eigenvalue weighted by Gasteiger charge is -2.35. The quantitative estimate of drug-likeness (QED) is 0.598. The summed E-state index contributed by atoms with van der Waals surface area (Å²) in [6, 6.07) is 0. The third-order valence-electron chi connectivity index (χ3n) is 4.96. The molecule has 1 heterocycles. The summed E-state index contributed by atoms with van der Waals surface area (Å²) in [5, 5.41) is 0. The lowest BCUT2D eigenvalue weighted by Crippen LogP contribution is -2.42. The van der Waals surface area contributed by atoms with Gasteiger partial charge in [-0.3, -0.25) is 4.90 Å². The number of hydrogen-bond donors (Lipinski definition) is 0. The molecule has 1 heteroatoms. The van der Waals surface area contributed by atoms with Crippen molar-refractivity contribution in [2.24, 2.45) is 11.8 Å². The minimum atomic E-state index is 0.723. The minimum absolute atomic E-state index is 0.723. The van der Waals surface area contributed by atoms with Gasteiger partial charge < -0.3 is 0 Å². The largest absolute Gasteiger partial charge is 0.297 e. The van der Waals surface area contributed by atoms with E-state index < -0.39 is 0 Å². The third kappa shape index (κ3) is 0.971. The molecule has 0 spiro atoms. The van der Waals surface area contributed by atoms with Crippen molar-refractivity contribution < 1.29 is 0 Å². The number of nitrogens with zero attached hydrogens (tertiary/aromatic N) is 1. The molecule has 1 aliphatic heterocycles. The fourth-order valence-electron chi connectivity index (χ4n) is 4.22. The van der Waals surface area contributed by atoms with Gasteiger partial charge in [-0.25, -0.2) is 0 Å². The molecule has 0 aromatic heterocycles. The van der Waals surface area contributed by atoms with Crippen LogP contribution < -0.4 is 0 Å². The van der Waals surface area contributed by atoms with E-state index in [1.165, 1.54) is 51.6 Å². The summed E-state index contributed by atoms with van der Waals surface area (Å²) in [5.74, 6) is 2.12. The van der Waals surface area contributed by atoms with Crippen LogP contribution in [0.3, 0.4) is 0 Å². The first-order chi connectivity index (χ1) is 6.36. The maximum absolute atomic E-state index is 2.85. The van der Waals surface area contributed by atoms with Gasteiger partial charge in [-0.2, -0.15) is 0 Å². The molecule has 13 heavy (non-hydrogen) atoms. The molecule has 3 rings (SSSR count). The predicted octanol–water partition coefficient (Wildman–Crippen LogP) is 2.66. The van der Waals surface area contributed by atoms with E-state index in [4.69, 9.17) is 0 Å². The van der Waals surface area contributed by atoms with Crippen molar-refractivity contribution in [1.82, 2.24) is 4.90 Å². The summed E-state index contributed by atoms with van der Waals surface area (Å²) >= 11 is 0. The van der Waals surface area contributed by atoms with Gasteiger partial charge in [-0.15, -0.1) is 0 Å². The average molecular weight is 179 g/mol. The van der Waals surface area contributed by atoms with Crippen molar-refractivity contribution in [2.45, 2.75) is 51.0 Å². The summed E-state index contributed by atoms with van der Waals surface area (Å²) in [5.41, 5.74) is 0.723. The molecule has 0 bridgehead atoms. The first-order valence-electron chi connectivity index (χ1n) is 6.11. The Hall–Kier alpha value is -0.0400. The van der Waals surface area contributed by atoms with Crippen molar-refractivity contribution in [2.75, 3.05) is 13.1 Å². The van der Waals surface area contributed by atoms with Crippen LogP contribution in [0, 0.1) is 11.8 Å². The predicted molar refractivity (Wildman–Crippen MR) is 54.7 cm³/mol. The molecule has 0 amide bonds. The van der Waals surface area contributed by atoms with Gasteiger partial charge in [-0.05, 0) is 50.6 Å². The summed E-state index contributed by atoms with van der Waals surface area (Å²) in [4.78, 5) is 2.85. The molecule has 3 aliphatic rings. The zero-order valence-electron chi connectivity index (χ0n) is 8.76. The van der Waals surface area contributed by atoms with Gasteiger partial charge in [0, 0.05) is 5.54 Å². The Kier molecular flexibility index (Phi) is 1.74. The molecule has 3 fully saturated rings. The maximum atomic E-state index is 2.85. The monoisotopic (exact) mass is 179 g/mol. The lowest BCUT2D eigenvalue weighted by atomic mass is 10.0. The Balaban J connectivity index is 1.76. The molecule has 2 saturated carbocycles. The molecule has 0 radical (unpaired) electrons. The van der Waals surface area contributed by atoms with E-state index in [0.29, 0.717) is 0 Å². The zero-order valence-corrected chi connectivity index (χ0v) is 8.76. The fourth-order valence-corrected chi connectivity index (χ4v) is 4.22. The maximum Gasteiger partial charge on any atom is 0.0269 e. The van der Waals surface area contributed by atoms with Gasteiger partial charge in [0.15, 0.2) is 0 Å². The number of likely N-dealkylation sites (tertiary alicyclic amines) is 1. The molecule has 0 N–H and O–H groups in total. The van der Waals surface area contributed by atoms with E-state index in [1.54, 1.807) is 0 Å². The number of rotatable bonds is 1. The number of fused-ring (bicyclic) bond motifs is 1. The summed E-state index contributed by atoms with van der Waals surface area (Å²) in [6.07, 6.45) is 8.94. The van der Waals surface area contributed by atoms with Crippen molar-refractivity contribution in [3.05, 3.63) is 0 Å². The highest BCUT2D eigenvalue weighted by Gasteiger charge is 2.66. The first-order valence-corrected chi connectivity index (χ1v) is 6.11. The Bertz CT molecular complexity index is 207. The van der Waals surface area contributed by atoms with Crippen molar-refractivity contribution in [3.8, 4) is 0 Å². The van der Waals surface area contributed by atoms with Crippen molar-refractivity contribution in [3.63, 3.8) is 0 Å². The fraction of sp³-hybridized carbons (Fsp3) is 1.00. The molecule has 3 atom stereocenters. The summed E-state index contributed by atoms with van der Waals surface area (Å²) < 4.78 is 0. The average Bonchev–Trinajstić information content (AvgIpc) is 2.63. The van der Waals surface area contributed by atoms with Crippen LogP contribution in [-0.2, 0) is 0 Å². The topological polar surface area (TPSA) is 3.24 Å². The highest BCUT2D eigenvalue weighted by Crippen LogP contribution is 2.64. The SMILES string of the molecule is C[C@@H]1[C@@H]2CCC[C@]12N1CCCCC1. The van der Waals surface area contributed by atoms with Gasteiger partial charge >= 0.3 is 0 Å². The van der Waals surface area contributed by atoms with Gasteiger partial charge in [0.05, 0.1) is 0 Å². The van der Waals surface area contributed by atoms with E-state index in [0.717, 1.165) is 17.4 Å². The molecule has 0 aromatic carbocycles. The van der Waals surface area contributed by atoms with E-state index in [2.05, 4.69) is 11.8 Å². The smallest absolute Gasteiger partial charge is 0.0269 e.